The molecule has 0 aromatic heterocycles. The summed E-state index contributed by atoms with van der Waals surface area (Å²) in [6.07, 6.45) is 2.42. The first kappa shape index (κ1) is 20.1. The van der Waals surface area contributed by atoms with Gasteiger partial charge in [-0.3, -0.25) is 25.0 Å². The van der Waals surface area contributed by atoms with Crippen LogP contribution in [0.4, 0.5) is 11.4 Å². The Labute approximate surface area is 172 Å². The number of nitrogens with zero attached hydrogens (tertiary/aromatic N) is 4. The molecule has 0 radical (unpaired) electrons. The minimum Gasteiger partial charge on any atom is -0.507 e. The van der Waals surface area contributed by atoms with Crippen LogP contribution in [0, 0.1) is 20.2 Å². The van der Waals surface area contributed by atoms with Gasteiger partial charge in [0.1, 0.15) is 5.75 Å². The average Bonchev–Trinajstić information content (AvgIpc) is 2.94. The van der Waals surface area contributed by atoms with E-state index in [0.29, 0.717) is 0 Å². The van der Waals surface area contributed by atoms with Crippen molar-refractivity contribution in [3.8, 4) is 5.75 Å². The van der Waals surface area contributed by atoms with E-state index in [0.717, 1.165) is 41.2 Å². The SMILES string of the molecule is O=C1C(=Cc2ccccc2[N+](=O)[O-])SC(=S)N1N=Cc1cc([N+](=O)[O-])ccc1O. The second-order valence-corrected chi connectivity index (χ2v) is 7.23. The molecule has 2 aromatic rings. The zero-order valence-electron chi connectivity index (χ0n) is 14.3. The number of carbonyl (C=O) groups is 1. The smallest absolute Gasteiger partial charge is 0.286 e. The van der Waals surface area contributed by atoms with Crippen molar-refractivity contribution in [1.82, 2.24) is 5.01 Å². The summed E-state index contributed by atoms with van der Waals surface area (Å²) >= 11 is 6.03. The highest BCUT2D eigenvalue weighted by atomic mass is 32.2. The third-order valence-electron chi connectivity index (χ3n) is 3.73. The number of aromatic hydroxyl groups is 1. The highest BCUT2D eigenvalue weighted by molar-refractivity contribution is 8.26. The summed E-state index contributed by atoms with van der Waals surface area (Å²) in [4.78, 5) is 33.5. The molecule has 12 heteroatoms. The third kappa shape index (κ3) is 4.28. The fourth-order valence-corrected chi connectivity index (χ4v) is 3.52. The molecule has 0 bridgehead atoms. The van der Waals surface area contributed by atoms with Gasteiger partial charge in [-0.25, -0.2) is 0 Å². The van der Waals surface area contributed by atoms with E-state index < -0.39 is 15.8 Å². The Morgan fingerprint density at radius 1 is 1.10 bits per heavy atom. The molecule has 0 unspecified atom stereocenters. The van der Waals surface area contributed by atoms with Crippen LogP contribution in [0.5, 0.6) is 5.75 Å². The van der Waals surface area contributed by atoms with Gasteiger partial charge in [0.15, 0.2) is 4.32 Å². The Hall–Kier alpha value is -3.64. The predicted molar refractivity (Wildman–Crippen MR) is 110 cm³/mol. The molecular weight excluding hydrogens is 420 g/mol. The average molecular weight is 430 g/mol. The Balaban J connectivity index is 1.89. The molecule has 0 spiro atoms. The first-order chi connectivity index (χ1) is 13.8. The minimum atomic E-state index is -0.633. The lowest BCUT2D eigenvalue weighted by Gasteiger charge is -2.06. The van der Waals surface area contributed by atoms with Crippen LogP contribution >= 0.6 is 24.0 Å². The van der Waals surface area contributed by atoms with E-state index in [1.54, 1.807) is 6.07 Å². The van der Waals surface area contributed by atoms with Gasteiger partial charge in [0.05, 0.1) is 26.5 Å². The van der Waals surface area contributed by atoms with Gasteiger partial charge in [-0.2, -0.15) is 10.1 Å². The van der Waals surface area contributed by atoms with Gasteiger partial charge in [-0.05, 0) is 30.4 Å². The summed E-state index contributed by atoms with van der Waals surface area (Å²) < 4.78 is 0.0704. The van der Waals surface area contributed by atoms with Crippen LogP contribution < -0.4 is 0 Å². The Bertz CT molecular complexity index is 1110. The number of nitro groups is 2. The second-order valence-electron chi connectivity index (χ2n) is 5.55. The van der Waals surface area contributed by atoms with E-state index in [4.69, 9.17) is 12.2 Å². The number of hydrogen-bond acceptors (Lipinski definition) is 9. The molecule has 2 aromatic carbocycles. The van der Waals surface area contributed by atoms with Gasteiger partial charge >= 0.3 is 0 Å². The molecule has 0 saturated carbocycles. The van der Waals surface area contributed by atoms with Gasteiger partial charge in [0.25, 0.3) is 17.3 Å². The van der Waals surface area contributed by atoms with Gasteiger partial charge in [0, 0.05) is 23.8 Å². The lowest BCUT2D eigenvalue weighted by atomic mass is 10.1. The van der Waals surface area contributed by atoms with Crippen molar-refractivity contribution in [1.29, 1.82) is 0 Å². The van der Waals surface area contributed by atoms with E-state index in [-0.39, 0.29) is 37.5 Å². The molecule has 1 aliphatic heterocycles. The number of carbonyl (C=O) groups excluding carboxylic acids is 1. The topological polar surface area (TPSA) is 139 Å². The van der Waals surface area contributed by atoms with Crippen molar-refractivity contribution in [2.75, 3.05) is 0 Å². The van der Waals surface area contributed by atoms with Gasteiger partial charge in [-0.15, -0.1) is 0 Å². The number of phenols is 1. The van der Waals surface area contributed by atoms with E-state index in [1.807, 2.05) is 0 Å². The van der Waals surface area contributed by atoms with Crippen LogP contribution in [0.25, 0.3) is 6.08 Å². The summed E-state index contributed by atoms with van der Waals surface area (Å²) in [5.41, 5.74) is -0.164. The molecular formula is C17H10N4O6S2. The predicted octanol–water partition coefficient (Wildman–Crippen LogP) is 3.44. The first-order valence-electron chi connectivity index (χ1n) is 7.80. The maximum absolute atomic E-state index is 12.6. The van der Waals surface area contributed by atoms with Crippen LogP contribution in [0.15, 0.2) is 52.5 Å². The number of amides is 1. The molecule has 3 rings (SSSR count). The zero-order chi connectivity index (χ0) is 21.1. The molecule has 1 N–H and O–H groups in total. The second kappa shape index (κ2) is 8.16. The Kier molecular flexibility index (Phi) is 5.66. The summed E-state index contributed by atoms with van der Waals surface area (Å²) in [5, 5.41) is 36.6. The molecule has 1 saturated heterocycles. The standard InChI is InChI=1S/C17H10N4O6S2/c22-14-6-5-12(20(24)25)7-11(14)9-18-19-16(23)15(29-17(19)28)8-10-3-1-2-4-13(10)21(26)27/h1-9,22H. The Morgan fingerprint density at radius 2 is 1.83 bits per heavy atom. The molecule has 0 aliphatic carbocycles. The molecule has 1 aliphatic rings. The van der Waals surface area contributed by atoms with Crippen LogP contribution in [-0.4, -0.2) is 36.4 Å². The highest BCUT2D eigenvalue weighted by Gasteiger charge is 2.32. The number of rotatable bonds is 5. The number of hydrogen-bond donors (Lipinski definition) is 1. The number of nitro benzene ring substituents is 2. The largest absolute Gasteiger partial charge is 0.507 e. The number of thiocarbonyl (C=S) groups is 1. The molecule has 29 heavy (non-hydrogen) atoms. The third-order valence-corrected chi connectivity index (χ3v) is 5.01. The van der Waals surface area contributed by atoms with Crippen molar-refractivity contribution < 1.29 is 19.7 Å². The zero-order valence-corrected chi connectivity index (χ0v) is 15.9. The monoisotopic (exact) mass is 430 g/mol. The highest BCUT2D eigenvalue weighted by Crippen LogP contribution is 2.34. The number of para-hydroxylation sites is 1. The van der Waals surface area contributed by atoms with Gasteiger partial charge in [-0.1, -0.05) is 23.9 Å². The van der Waals surface area contributed by atoms with E-state index in [1.165, 1.54) is 24.3 Å². The van der Waals surface area contributed by atoms with Crippen molar-refractivity contribution in [3.63, 3.8) is 0 Å². The molecule has 0 atom stereocenters. The van der Waals surface area contributed by atoms with E-state index >= 15 is 0 Å². The molecule has 146 valence electrons. The summed E-state index contributed by atoms with van der Waals surface area (Å²) in [5.74, 6) is -0.875. The maximum Gasteiger partial charge on any atom is 0.286 e. The summed E-state index contributed by atoms with van der Waals surface area (Å²) in [6, 6.07) is 9.28. The molecule has 10 nitrogen and oxygen atoms in total. The lowest BCUT2D eigenvalue weighted by Crippen LogP contribution is -2.22. The van der Waals surface area contributed by atoms with E-state index in [2.05, 4.69) is 5.10 Å². The fraction of sp³-hybridized carbons (Fsp3) is 0. The number of thioether (sulfide) groups is 1. The normalized spacial score (nSPS) is 15.4. The van der Waals surface area contributed by atoms with Crippen molar-refractivity contribution in [3.05, 3.63) is 78.7 Å². The summed E-state index contributed by atoms with van der Waals surface area (Å²) in [7, 11) is 0. The Morgan fingerprint density at radius 3 is 2.52 bits per heavy atom. The van der Waals surface area contributed by atoms with Crippen LogP contribution in [0.1, 0.15) is 11.1 Å². The van der Waals surface area contributed by atoms with E-state index in [9.17, 15) is 30.1 Å². The number of non-ortho nitro benzene ring substituents is 1. The van der Waals surface area contributed by atoms with Crippen molar-refractivity contribution in [2.24, 2.45) is 5.10 Å². The molecule has 1 amide bonds. The maximum atomic E-state index is 12.6. The number of hydrazone groups is 1. The quantitative estimate of drug-likeness (QED) is 0.250. The number of benzene rings is 2. The lowest BCUT2D eigenvalue weighted by molar-refractivity contribution is -0.385. The van der Waals surface area contributed by atoms with Crippen molar-refractivity contribution in [2.45, 2.75) is 0 Å². The summed E-state index contributed by atoms with van der Waals surface area (Å²) in [6.45, 7) is 0. The minimum absolute atomic E-state index is 0.0240. The van der Waals surface area contributed by atoms with Gasteiger partial charge in [0.2, 0.25) is 0 Å². The van der Waals surface area contributed by atoms with Crippen LogP contribution in [0.3, 0.4) is 0 Å². The molecule has 1 fully saturated rings. The fourth-order valence-electron chi connectivity index (χ4n) is 2.35. The van der Waals surface area contributed by atoms with Crippen molar-refractivity contribution >= 4 is 57.9 Å². The van der Waals surface area contributed by atoms with Gasteiger partial charge < -0.3 is 5.11 Å². The first-order valence-corrected chi connectivity index (χ1v) is 9.03. The number of phenolic OH excluding ortho intramolecular Hbond substituents is 1. The molecule has 1 heterocycles. The van der Waals surface area contributed by atoms with Crippen LogP contribution in [-0.2, 0) is 4.79 Å². The van der Waals surface area contributed by atoms with Crippen LogP contribution in [0.2, 0.25) is 0 Å².